The molecule has 5 aromatic carbocycles. The molecule has 6 heteroatoms. The van der Waals surface area contributed by atoms with Crippen molar-refractivity contribution in [2.75, 3.05) is 10.9 Å². The predicted octanol–water partition coefficient (Wildman–Crippen LogP) is 6.83. The van der Waals surface area contributed by atoms with Gasteiger partial charge in [-0.3, -0.25) is 10.9 Å². The quantitative estimate of drug-likeness (QED) is 0.208. The topological polar surface area (TPSA) is 74.6 Å². The van der Waals surface area contributed by atoms with Gasteiger partial charge in [-0.2, -0.15) is 10.2 Å². The molecule has 0 bridgehead atoms. The summed E-state index contributed by atoms with van der Waals surface area (Å²) in [7, 11) is 0. The summed E-state index contributed by atoms with van der Waals surface area (Å²) < 4.78 is 0. The fourth-order valence-electron chi connectivity index (χ4n) is 4.32. The second kappa shape index (κ2) is 9.64. The molecule has 0 fully saturated rings. The van der Waals surface area contributed by atoms with Crippen molar-refractivity contribution in [2.45, 2.75) is 0 Å². The van der Waals surface area contributed by atoms with E-state index in [1.807, 2.05) is 72.8 Å². The molecule has 6 aromatic rings. The van der Waals surface area contributed by atoms with Crippen LogP contribution in [-0.4, -0.2) is 22.6 Å². The molecule has 6 rings (SSSR count). The second-order valence-corrected chi connectivity index (χ2v) is 8.32. The first kappa shape index (κ1) is 21.4. The number of anilines is 2. The summed E-state index contributed by atoms with van der Waals surface area (Å²) in [6, 6.07) is 36.7. The van der Waals surface area contributed by atoms with Crippen LogP contribution in [0.15, 0.2) is 119 Å². The molecule has 6 nitrogen and oxygen atoms in total. The largest absolute Gasteiger partial charge is 0.259 e. The molecule has 0 atom stereocenters. The van der Waals surface area contributed by atoms with Gasteiger partial charge >= 0.3 is 0 Å². The SMILES string of the molecule is C(=N/Nc1nnc(N/N=C/c2cccc3ccccc23)c2ccccc12)/c1cccc2ccccc12. The van der Waals surface area contributed by atoms with E-state index in [2.05, 4.69) is 67.6 Å². The Hall–Kier alpha value is -5.10. The maximum atomic E-state index is 4.45. The van der Waals surface area contributed by atoms with E-state index >= 15 is 0 Å². The van der Waals surface area contributed by atoms with Gasteiger partial charge in [-0.05, 0) is 21.5 Å². The number of nitrogens with one attached hydrogen (secondary N) is 2. The molecule has 0 unspecified atom stereocenters. The van der Waals surface area contributed by atoms with E-state index in [1.165, 1.54) is 10.8 Å². The lowest BCUT2D eigenvalue weighted by molar-refractivity contribution is 1.03. The smallest absolute Gasteiger partial charge is 0.176 e. The van der Waals surface area contributed by atoms with Gasteiger partial charge < -0.3 is 0 Å². The number of fused-ring (bicyclic) bond motifs is 3. The van der Waals surface area contributed by atoms with Crippen molar-refractivity contribution >= 4 is 56.4 Å². The summed E-state index contributed by atoms with van der Waals surface area (Å²) in [6.45, 7) is 0. The zero-order valence-electron chi connectivity index (χ0n) is 19.3. The molecule has 172 valence electrons. The average Bonchev–Trinajstić information content (AvgIpc) is 2.94. The van der Waals surface area contributed by atoms with Crippen LogP contribution in [0.3, 0.4) is 0 Å². The molecule has 0 spiro atoms. The lowest BCUT2D eigenvalue weighted by atomic mass is 10.1. The van der Waals surface area contributed by atoms with Crippen LogP contribution in [0.25, 0.3) is 32.3 Å². The van der Waals surface area contributed by atoms with Gasteiger partial charge in [-0.1, -0.05) is 109 Å². The van der Waals surface area contributed by atoms with Gasteiger partial charge in [0.25, 0.3) is 0 Å². The van der Waals surface area contributed by atoms with Crippen LogP contribution < -0.4 is 10.9 Å². The van der Waals surface area contributed by atoms with E-state index in [1.54, 1.807) is 12.4 Å². The highest BCUT2D eigenvalue weighted by Crippen LogP contribution is 2.26. The van der Waals surface area contributed by atoms with E-state index in [-0.39, 0.29) is 0 Å². The summed E-state index contributed by atoms with van der Waals surface area (Å²) in [5, 5.41) is 24.0. The summed E-state index contributed by atoms with van der Waals surface area (Å²) in [5.74, 6) is 1.15. The third kappa shape index (κ3) is 4.23. The van der Waals surface area contributed by atoms with Crippen molar-refractivity contribution in [3.8, 4) is 0 Å². The van der Waals surface area contributed by atoms with Crippen LogP contribution in [0.5, 0.6) is 0 Å². The van der Waals surface area contributed by atoms with Gasteiger partial charge in [-0.15, -0.1) is 10.2 Å². The molecule has 0 radical (unpaired) electrons. The van der Waals surface area contributed by atoms with Crippen molar-refractivity contribution in [2.24, 2.45) is 10.2 Å². The Labute approximate surface area is 208 Å². The van der Waals surface area contributed by atoms with Crippen molar-refractivity contribution in [3.63, 3.8) is 0 Å². The molecular weight excluding hydrogens is 444 g/mol. The van der Waals surface area contributed by atoms with Crippen molar-refractivity contribution < 1.29 is 0 Å². The Balaban J connectivity index is 1.25. The van der Waals surface area contributed by atoms with Gasteiger partial charge in [0.05, 0.1) is 12.4 Å². The maximum Gasteiger partial charge on any atom is 0.176 e. The van der Waals surface area contributed by atoms with Gasteiger partial charge in [0, 0.05) is 21.9 Å². The van der Waals surface area contributed by atoms with Crippen molar-refractivity contribution in [3.05, 3.63) is 120 Å². The van der Waals surface area contributed by atoms with Crippen LogP contribution in [0, 0.1) is 0 Å². The Morgan fingerprint density at radius 1 is 0.444 bits per heavy atom. The molecule has 36 heavy (non-hydrogen) atoms. The Morgan fingerprint density at radius 2 is 0.833 bits per heavy atom. The minimum atomic E-state index is 0.575. The third-order valence-corrected chi connectivity index (χ3v) is 6.08. The van der Waals surface area contributed by atoms with E-state index in [0.717, 1.165) is 32.7 Å². The number of hydrogen-bond acceptors (Lipinski definition) is 6. The zero-order chi connectivity index (χ0) is 24.2. The highest BCUT2D eigenvalue weighted by atomic mass is 15.4. The Morgan fingerprint density at radius 3 is 1.31 bits per heavy atom. The number of benzene rings is 5. The van der Waals surface area contributed by atoms with Gasteiger partial charge in [0.15, 0.2) is 11.6 Å². The van der Waals surface area contributed by atoms with E-state index < -0.39 is 0 Å². The standard InChI is InChI=1S/C30H22N6/c1-3-15-25-21(9-1)11-7-13-23(25)19-31-33-29-27-17-5-6-18-28(27)30(36-35-29)34-32-20-24-14-8-12-22-10-2-4-16-26(22)24/h1-20H,(H,33,35)(H,34,36)/b31-19-,32-20+. The van der Waals surface area contributed by atoms with Crippen LogP contribution in [0.4, 0.5) is 11.6 Å². The van der Waals surface area contributed by atoms with E-state index in [0.29, 0.717) is 11.6 Å². The number of aromatic nitrogens is 2. The van der Waals surface area contributed by atoms with Crippen molar-refractivity contribution in [1.29, 1.82) is 0 Å². The van der Waals surface area contributed by atoms with E-state index in [9.17, 15) is 0 Å². The Kier molecular flexibility index (Phi) is 5.74. The minimum absolute atomic E-state index is 0.575. The first-order chi connectivity index (χ1) is 17.9. The summed E-state index contributed by atoms with van der Waals surface area (Å²) >= 11 is 0. The summed E-state index contributed by atoms with van der Waals surface area (Å²) in [4.78, 5) is 0. The highest BCUT2D eigenvalue weighted by Gasteiger charge is 2.08. The fourth-order valence-corrected chi connectivity index (χ4v) is 4.32. The number of hydrazone groups is 2. The van der Waals surface area contributed by atoms with Gasteiger partial charge in [-0.25, -0.2) is 0 Å². The van der Waals surface area contributed by atoms with Crippen molar-refractivity contribution in [1.82, 2.24) is 10.2 Å². The lowest BCUT2D eigenvalue weighted by Crippen LogP contribution is -2.01. The predicted molar refractivity (Wildman–Crippen MR) is 150 cm³/mol. The molecule has 0 aliphatic rings. The number of nitrogens with zero attached hydrogens (tertiary/aromatic N) is 4. The molecule has 0 aliphatic heterocycles. The lowest BCUT2D eigenvalue weighted by Gasteiger charge is -2.08. The van der Waals surface area contributed by atoms with Gasteiger partial charge in [0.2, 0.25) is 0 Å². The minimum Gasteiger partial charge on any atom is -0.259 e. The normalized spacial score (nSPS) is 11.7. The first-order valence-electron chi connectivity index (χ1n) is 11.7. The highest BCUT2D eigenvalue weighted by molar-refractivity contribution is 6.02. The fraction of sp³-hybridized carbons (Fsp3) is 0. The molecule has 0 amide bonds. The molecule has 0 saturated heterocycles. The monoisotopic (exact) mass is 466 g/mol. The van der Waals surface area contributed by atoms with Crippen LogP contribution >= 0.6 is 0 Å². The molecule has 0 saturated carbocycles. The number of rotatable bonds is 6. The molecule has 0 aliphatic carbocycles. The van der Waals surface area contributed by atoms with Crippen LogP contribution in [0.1, 0.15) is 11.1 Å². The third-order valence-electron chi connectivity index (χ3n) is 6.08. The molecule has 1 heterocycles. The molecule has 2 N–H and O–H groups in total. The molecule has 1 aromatic heterocycles. The van der Waals surface area contributed by atoms with Crippen LogP contribution in [-0.2, 0) is 0 Å². The average molecular weight is 467 g/mol. The van der Waals surface area contributed by atoms with Crippen LogP contribution in [0.2, 0.25) is 0 Å². The zero-order valence-corrected chi connectivity index (χ0v) is 19.3. The maximum absolute atomic E-state index is 4.45. The van der Waals surface area contributed by atoms with Gasteiger partial charge in [0.1, 0.15) is 0 Å². The van der Waals surface area contributed by atoms with E-state index in [4.69, 9.17) is 0 Å². The second-order valence-electron chi connectivity index (χ2n) is 8.32. The Bertz CT molecular complexity index is 1620. The number of hydrogen-bond donors (Lipinski definition) is 2. The summed E-state index contributed by atoms with van der Waals surface area (Å²) in [5.41, 5.74) is 8.17. The first-order valence-corrected chi connectivity index (χ1v) is 11.7. The summed E-state index contributed by atoms with van der Waals surface area (Å²) in [6.07, 6.45) is 3.61. The molecular formula is C30H22N6.